The normalized spacial score (nSPS) is 22.2. The maximum absolute atomic E-state index is 9.01. The first-order valence-corrected chi connectivity index (χ1v) is 5.85. The molecule has 0 aromatic heterocycles. The Bertz CT molecular complexity index is 134. The lowest BCUT2D eigenvalue weighted by Gasteiger charge is -2.13. The van der Waals surface area contributed by atoms with Crippen molar-refractivity contribution in [3.05, 3.63) is 0 Å². The van der Waals surface area contributed by atoms with E-state index in [2.05, 4.69) is 11.6 Å². The van der Waals surface area contributed by atoms with Crippen molar-refractivity contribution in [1.29, 1.82) is 0 Å². The lowest BCUT2D eigenvalue weighted by Crippen LogP contribution is -2.28. The quantitative estimate of drug-likeness (QED) is 0.617. The summed E-state index contributed by atoms with van der Waals surface area (Å²) in [5.74, 6) is 0. The molecule has 2 N–H and O–H groups in total. The number of hydrogen-bond acceptors (Lipinski definition) is 3. The van der Waals surface area contributed by atoms with Gasteiger partial charge in [0, 0.05) is 11.3 Å². The largest absolute Gasteiger partial charge is 0.393 e. The van der Waals surface area contributed by atoms with Crippen LogP contribution in [0, 0.1) is 0 Å². The van der Waals surface area contributed by atoms with Crippen LogP contribution in [0.15, 0.2) is 0 Å². The molecule has 0 saturated heterocycles. The first kappa shape index (κ1) is 10.4. The van der Waals surface area contributed by atoms with E-state index in [0.29, 0.717) is 4.75 Å². The first-order chi connectivity index (χ1) is 5.68. The van der Waals surface area contributed by atoms with Gasteiger partial charge >= 0.3 is 0 Å². The third-order valence-electron chi connectivity index (χ3n) is 2.43. The summed E-state index contributed by atoms with van der Waals surface area (Å²) < 4.78 is 0.554. The van der Waals surface area contributed by atoms with E-state index in [9.17, 15) is 0 Å². The van der Waals surface area contributed by atoms with Crippen molar-refractivity contribution < 1.29 is 5.11 Å². The molecule has 0 aliphatic heterocycles. The van der Waals surface area contributed by atoms with E-state index in [-0.39, 0.29) is 6.10 Å². The van der Waals surface area contributed by atoms with Crippen molar-refractivity contribution in [3.63, 3.8) is 0 Å². The smallest absolute Gasteiger partial charge is 0.0524 e. The zero-order valence-corrected chi connectivity index (χ0v) is 8.78. The topological polar surface area (TPSA) is 32.3 Å². The average molecular weight is 189 g/mol. The van der Waals surface area contributed by atoms with Gasteiger partial charge in [0.05, 0.1) is 6.10 Å². The summed E-state index contributed by atoms with van der Waals surface area (Å²) in [5.41, 5.74) is 0. The molecule has 1 rings (SSSR count). The summed E-state index contributed by atoms with van der Waals surface area (Å²) in [6.07, 6.45) is 5.60. The summed E-state index contributed by atoms with van der Waals surface area (Å²) in [7, 11) is 0. The number of hydrogen-bond donors (Lipinski definition) is 2. The molecule has 0 spiro atoms. The lowest BCUT2D eigenvalue weighted by atomic mass is 10.3. The van der Waals surface area contributed by atoms with Gasteiger partial charge in [-0.2, -0.15) is 11.8 Å². The number of thioether (sulfide) groups is 1. The lowest BCUT2D eigenvalue weighted by molar-refractivity contribution is 0.184. The fraction of sp³-hybridized carbons (Fsp3) is 1.00. The van der Waals surface area contributed by atoms with E-state index in [1.54, 1.807) is 0 Å². The highest BCUT2D eigenvalue weighted by Crippen LogP contribution is 2.46. The van der Waals surface area contributed by atoms with Crippen molar-refractivity contribution >= 4 is 11.8 Å². The van der Waals surface area contributed by atoms with Gasteiger partial charge < -0.3 is 10.4 Å². The predicted molar refractivity (Wildman–Crippen MR) is 54.6 cm³/mol. The Hall–Kier alpha value is 0.270. The SMILES string of the molecule is CSC1(CNCCC(C)O)CC1. The molecule has 12 heavy (non-hydrogen) atoms. The highest BCUT2D eigenvalue weighted by atomic mass is 32.2. The fourth-order valence-corrected chi connectivity index (χ4v) is 1.98. The Balaban J connectivity index is 1.95. The minimum Gasteiger partial charge on any atom is -0.393 e. The first-order valence-electron chi connectivity index (χ1n) is 4.62. The Labute approximate surface area is 79.1 Å². The molecule has 0 amide bonds. The predicted octanol–water partition coefficient (Wildman–Crippen LogP) is 1.24. The second-order valence-corrected chi connectivity index (χ2v) is 4.98. The molecule has 0 aromatic carbocycles. The molecule has 0 aromatic rings. The van der Waals surface area contributed by atoms with Gasteiger partial charge in [-0.15, -0.1) is 0 Å². The van der Waals surface area contributed by atoms with Crippen molar-refractivity contribution in [2.75, 3.05) is 19.3 Å². The molecule has 1 aliphatic carbocycles. The minimum atomic E-state index is -0.165. The van der Waals surface area contributed by atoms with E-state index in [1.807, 2.05) is 18.7 Å². The Morgan fingerprint density at radius 2 is 2.25 bits per heavy atom. The minimum absolute atomic E-state index is 0.165. The van der Waals surface area contributed by atoms with Gasteiger partial charge in [0.15, 0.2) is 0 Å². The van der Waals surface area contributed by atoms with Gasteiger partial charge in [0.1, 0.15) is 0 Å². The van der Waals surface area contributed by atoms with Crippen LogP contribution in [0.3, 0.4) is 0 Å². The van der Waals surface area contributed by atoms with Gasteiger partial charge in [0.2, 0.25) is 0 Å². The van der Waals surface area contributed by atoms with Crippen molar-refractivity contribution in [2.45, 2.75) is 37.0 Å². The molecular formula is C9H19NOS. The second-order valence-electron chi connectivity index (χ2n) is 3.70. The van der Waals surface area contributed by atoms with Crippen LogP contribution in [-0.2, 0) is 0 Å². The van der Waals surface area contributed by atoms with Crippen LogP contribution < -0.4 is 5.32 Å². The van der Waals surface area contributed by atoms with Crippen molar-refractivity contribution in [1.82, 2.24) is 5.32 Å². The summed E-state index contributed by atoms with van der Waals surface area (Å²) in [5, 5.41) is 12.4. The van der Waals surface area contributed by atoms with Crippen LogP contribution in [0.1, 0.15) is 26.2 Å². The number of nitrogens with one attached hydrogen (secondary N) is 1. The van der Waals surface area contributed by atoms with Gasteiger partial charge in [-0.1, -0.05) is 0 Å². The molecule has 0 heterocycles. The summed E-state index contributed by atoms with van der Waals surface area (Å²) >= 11 is 1.97. The van der Waals surface area contributed by atoms with Crippen LogP contribution >= 0.6 is 11.8 Å². The van der Waals surface area contributed by atoms with Crippen molar-refractivity contribution in [2.24, 2.45) is 0 Å². The Morgan fingerprint density at radius 1 is 1.58 bits per heavy atom. The molecule has 0 radical (unpaired) electrons. The summed E-state index contributed by atoms with van der Waals surface area (Å²) in [4.78, 5) is 0. The van der Waals surface area contributed by atoms with Gasteiger partial charge in [0.25, 0.3) is 0 Å². The van der Waals surface area contributed by atoms with Crippen molar-refractivity contribution in [3.8, 4) is 0 Å². The maximum Gasteiger partial charge on any atom is 0.0524 e. The highest BCUT2D eigenvalue weighted by Gasteiger charge is 2.41. The van der Waals surface area contributed by atoms with Crippen LogP contribution in [0.2, 0.25) is 0 Å². The van der Waals surface area contributed by atoms with E-state index < -0.39 is 0 Å². The molecule has 1 unspecified atom stereocenters. The number of aliphatic hydroxyl groups excluding tert-OH is 1. The fourth-order valence-electron chi connectivity index (χ4n) is 1.22. The zero-order valence-electron chi connectivity index (χ0n) is 7.97. The third-order valence-corrected chi connectivity index (χ3v) is 3.85. The molecule has 1 fully saturated rings. The number of rotatable bonds is 6. The maximum atomic E-state index is 9.01. The van der Waals surface area contributed by atoms with E-state index in [0.717, 1.165) is 19.5 Å². The molecule has 2 nitrogen and oxygen atoms in total. The van der Waals surface area contributed by atoms with Crippen LogP contribution in [0.4, 0.5) is 0 Å². The highest BCUT2D eigenvalue weighted by molar-refractivity contribution is 8.00. The molecule has 72 valence electrons. The van der Waals surface area contributed by atoms with Gasteiger partial charge in [-0.3, -0.25) is 0 Å². The molecule has 1 saturated carbocycles. The van der Waals surface area contributed by atoms with E-state index >= 15 is 0 Å². The molecule has 0 bridgehead atoms. The molecule has 3 heteroatoms. The standard InChI is InChI=1S/C9H19NOS/c1-8(11)3-6-10-7-9(12-2)4-5-9/h8,10-11H,3-7H2,1-2H3. The van der Waals surface area contributed by atoms with Gasteiger partial charge in [-0.25, -0.2) is 0 Å². The molecule has 1 aliphatic rings. The Kier molecular flexibility index (Phi) is 3.87. The number of aliphatic hydroxyl groups is 1. The van der Waals surface area contributed by atoms with E-state index in [4.69, 9.17) is 5.11 Å². The van der Waals surface area contributed by atoms with E-state index in [1.165, 1.54) is 12.8 Å². The van der Waals surface area contributed by atoms with Crippen LogP contribution in [0.25, 0.3) is 0 Å². The summed E-state index contributed by atoms with van der Waals surface area (Å²) in [6.45, 7) is 3.89. The molecular weight excluding hydrogens is 170 g/mol. The van der Waals surface area contributed by atoms with Crippen LogP contribution in [0.5, 0.6) is 0 Å². The summed E-state index contributed by atoms with van der Waals surface area (Å²) in [6, 6.07) is 0. The monoisotopic (exact) mass is 189 g/mol. The second kappa shape index (κ2) is 4.49. The molecule has 1 atom stereocenters. The van der Waals surface area contributed by atoms with Gasteiger partial charge in [-0.05, 0) is 39.0 Å². The average Bonchev–Trinajstić information content (AvgIpc) is 2.79. The third kappa shape index (κ3) is 3.33. The Morgan fingerprint density at radius 3 is 2.67 bits per heavy atom. The zero-order chi connectivity index (χ0) is 9.03. The van der Waals surface area contributed by atoms with Crippen LogP contribution in [-0.4, -0.2) is 35.3 Å².